The van der Waals surface area contributed by atoms with Gasteiger partial charge in [0.15, 0.2) is 0 Å². The summed E-state index contributed by atoms with van der Waals surface area (Å²) >= 11 is 0. The summed E-state index contributed by atoms with van der Waals surface area (Å²) < 4.78 is 5.34. The highest BCUT2D eigenvalue weighted by atomic mass is 16.5. The molecule has 2 amide bonds. The third-order valence-corrected chi connectivity index (χ3v) is 3.24. The van der Waals surface area contributed by atoms with Gasteiger partial charge in [-0.1, -0.05) is 18.2 Å². The van der Waals surface area contributed by atoms with Crippen molar-refractivity contribution in [3.8, 4) is 0 Å². The Balaban J connectivity index is 1.82. The lowest BCUT2D eigenvalue weighted by atomic mass is 10.1. The Morgan fingerprint density at radius 1 is 1.35 bits per heavy atom. The standard InChI is InChI=1S/C14H18N2O4/c1-16(5-4-13(17)18)14(19)15-7-10-2-3-11-8-20-9-12(11)6-10/h2-3,6H,4-5,7-9H2,1H3,(H,15,19)(H,17,18). The van der Waals surface area contributed by atoms with Crippen molar-refractivity contribution in [1.82, 2.24) is 10.2 Å². The molecule has 6 nitrogen and oxygen atoms in total. The van der Waals surface area contributed by atoms with Crippen molar-refractivity contribution in [1.29, 1.82) is 0 Å². The normalized spacial score (nSPS) is 12.8. The Hall–Kier alpha value is -2.08. The minimum Gasteiger partial charge on any atom is -0.481 e. The summed E-state index contributed by atoms with van der Waals surface area (Å²) in [4.78, 5) is 23.6. The molecule has 0 aliphatic carbocycles. The molecule has 108 valence electrons. The Morgan fingerprint density at radius 2 is 2.10 bits per heavy atom. The number of carbonyl (C=O) groups excluding carboxylic acids is 1. The van der Waals surface area contributed by atoms with Crippen molar-refractivity contribution in [3.05, 3.63) is 34.9 Å². The zero-order valence-electron chi connectivity index (χ0n) is 11.4. The minimum absolute atomic E-state index is 0.0555. The van der Waals surface area contributed by atoms with Crippen LogP contribution in [0.1, 0.15) is 23.1 Å². The van der Waals surface area contributed by atoms with Gasteiger partial charge >= 0.3 is 12.0 Å². The summed E-state index contributed by atoms with van der Waals surface area (Å²) in [5, 5.41) is 11.3. The summed E-state index contributed by atoms with van der Waals surface area (Å²) in [7, 11) is 1.58. The molecule has 0 atom stereocenters. The van der Waals surface area contributed by atoms with Crippen LogP contribution in [0.3, 0.4) is 0 Å². The largest absolute Gasteiger partial charge is 0.481 e. The Labute approximate surface area is 117 Å². The van der Waals surface area contributed by atoms with Crippen LogP contribution in [0.4, 0.5) is 4.79 Å². The molecule has 0 spiro atoms. The zero-order chi connectivity index (χ0) is 14.5. The Morgan fingerprint density at radius 3 is 2.85 bits per heavy atom. The second-order valence-corrected chi connectivity index (χ2v) is 4.82. The number of aliphatic carboxylic acids is 1. The Kier molecular flexibility index (Phi) is 4.57. The van der Waals surface area contributed by atoms with Gasteiger partial charge in [-0.2, -0.15) is 0 Å². The number of nitrogens with one attached hydrogen (secondary N) is 1. The van der Waals surface area contributed by atoms with Gasteiger partial charge in [0.05, 0.1) is 19.6 Å². The quantitative estimate of drug-likeness (QED) is 0.851. The maximum absolute atomic E-state index is 11.8. The summed E-state index contributed by atoms with van der Waals surface area (Å²) in [6.07, 6.45) is -0.0555. The molecule has 0 radical (unpaired) electrons. The molecule has 20 heavy (non-hydrogen) atoms. The third kappa shape index (κ3) is 3.71. The maximum Gasteiger partial charge on any atom is 0.317 e. The van der Waals surface area contributed by atoms with Crippen LogP contribution in [0.25, 0.3) is 0 Å². The van der Waals surface area contributed by atoms with Crippen molar-refractivity contribution >= 4 is 12.0 Å². The molecule has 0 saturated heterocycles. The molecule has 6 heteroatoms. The molecule has 1 aromatic carbocycles. The van der Waals surface area contributed by atoms with E-state index < -0.39 is 5.97 Å². The number of benzene rings is 1. The summed E-state index contributed by atoms with van der Waals surface area (Å²) in [5.41, 5.74) is 3.36. The highest BCUT2D eigenvalue weighted by Crippen LogP contribution is 2.20. The molecular weight excluding hydrogens is 260 g/mol. The average molecular weight is 278 g/mol. The third-order valence-electron chi connectivity index (χ3n) is 3.24. The first kappa shape index (κ1) is 14.3. The van der Waals surface area contributed by atoms with Crippen LogP contribution in [-0.2, 0) is 29.3 Å². The number of hydrogen-bond donors (Lipinski definition) is 2. The van der Waals surface area contributed by atoms with E-state index in [4.69, 9.17) is 9.84 Å². The van der Waals surface area contributed by atoms with Crippen molar-refractivity contribution < 1.29 is 19.4 Å². The van der Waals surface area contributed by atoms with E-state index in [1.807, 2.05) is 18.2 Å². The second-order valence-electron chi connectivity index (χ2n) is 4.82. The monoisotopic (exact) mass is 278 g/mol. The maximum atomic E-state index is 11.8. The molecule has 2 N–H and O–H groups in total. The summed E-state index contributed by atoms with van der Waals surface area (Å²) in [5.74, 6) is -0.914. The zero-order valence-corrected chi connectivity index (χ0v) is 11.4. The highest BCUT2D eigenvalue weighted by molar-refractivity contribution is 5.75. The van der Waals surface area contributed by atoms with Gasteiger partial charge in [-0.25, -0.2) is 4.79 Å². The van der Waals surface area contributed by atoms with E-state index in [0.717, 1.165) is 11.1 Å². The number of fused-ring (bicyclic) bond motifs is 1. The van der Waals surface area contributed by atoms with E-state index in [1.54, 1.807) is 7.05 Å². The van der Waals surface area contributed by atoms with Gasteiger partial charge in [0, 0.05) is 20.1 Å². The highest BCUT2D eigenvalue weighted by Gasteiger charge is 2.13. The second kappa shape index (κ2) is 6.38. The molecule has 0 unspecified atom stereocenters. The number of nitrogens with zero attached hydrogens (tertiary/aromatic N) is 1. The fourth-order valence-electron chi connectivity index (χ4n) is 2.01. The fourth-order valence-corrected chi connectivity index (χ4v) is 2.01. The fraction of sp³-hybridized carbons (Fsp3) is 0.429. The Bertz CT molecular complexity index is 516. The molecular formula is C14H18N2O4. The van der Waals surface area contributed by atoms with Crippen molar-refractivity contribution in [2.75, 3.05) is 13.6 Å². The first-order chi connectivity index (χ1) is 9.56. The molecule has 1 aliphatic heterocycles. The van der Waals surface area contributed by atoms with Crippen LogP contribution < -0.4 is 5.32 Å². The number of carbonyl (C=O) groups is 2. The number of hydrogen-bond acceptors (Lipinski definition) is 3. The molecule has 0 bridgehead atoms. The summed E-state index contributed by atoms with van der Waals surface area (Å²) in [6, 6.07) is 5.73. The van der Waals surface area contributed by atoms with E-state index in [-0.39, 0.29) is 19.0 Å². The van der Waals surface area contributed by atoms with Crippen LogP contribution in [-0.4, -0.2) is 35.6 Å². The van der Waals surface area contributed by atoms with Gasteiger partial charge in [-0.05, 0) is 16.7 Å². The van der Waals surface area contributed by atoms with Crippen molar-refractivity contribution in [3.63, 3.8) is 0 Å². The van der Waals surface area contributed by atoms with Crippen LogP contribution in [0.2, 0.25) is 0 Å². The first-order valence-electron chi connectivity index (χ1n) is 6.45. The first-order valence-corrected chi connectivity index (χ1v) is 6.45. The van der Waals surface area contributed by atoms with Crippen molar-refractivity contribution in [2.24, 2.45) is 0 Å². The van der Waals surface area contributed by atoms with Gasteiger partial charge in [-0.3, -0.25) is 4.79 Å². The van der Waals surface area contributed by atoms with Crippen LogP contribution in [0, 0.1) is 0 Å². The van der Waals surface area contributed by atoms with E-state index in [1.165, 1.54) is 10.5 Å². The van der Waals surface area contributed by atoms with E-state index in [2.05, 4.69) is 5.32 Å². The predicted molar refractivity (Wildman–Crippen MR) is 72.1 cm³/mol. The van der Waals surface area contributed by atoms with Gasteiger partial charge in [0.25, 0.3) is 0 Å². The smallest absolute Gasteiger partial charge is 0.317 e. The topological polar surface area (TPSA) is 78.9 Å². The lowest BCUT2D eigenvalue weighted by molar-refractivity contribution is -0.137. The average Bonchev–Trinajstić information content (AvgIpc) is 2.89. The van der Waals surface area contributed by atoms with E-state index in [0.29, 0.717) is 19.8 Å². The van der Waals surface area contributed by atoms with Gasteiger partial charge < -0.3 is 20.1 Å². The van der Waals surface area contributed by atoms with Gasteiger partial charge in [0.1, 0.15) is 0 Å². The number of carboxylic acid groups (broad SMARTS) is 1. The number of rotatable bonds is 5. The molecule has 0 aromatic heterocycles. The van der Waals surface area contributed by atoms with Crippen LogP contribution >= 0.6 is 0 Å². The number of carboxylic acids is 1. The van der Waals surface area contributed by atoms with Gasteiger partial charge in [0.2, 0.25) is 0 Å². The summed E-state index contributed by atoms with van der Waals surface area (Å²) in [6.45, 7) is 1.89. The predicted octanol–water partition coefficient (Wildman–Crippen LogP) is 1.33. The lowest BCUT2D eigenvalue weighted by Crippen LogP contribution is -2.38. The molecule has 2 rings (SSSR count). The van der Waals surface area contributed by atoms with Crippen molar-refractivity contribution in [2.45, 2.75) is 26.2 Å². The number of ether oxygens (including phenoxy) is 1. The molecule has 1 heterocycles. The number of amides is 2. The van der Waals surface area contributed by atoms with Crippen LogP contribution in [0.15, 0.2) is 18.2 Å². The molecule has 0 fully saturated rings. The SMILES string of the molecule is CN(CCC(=O)O)C(=O)NCc1ccc2c(c1)COC2. The lowest BCUT2D eigenvalue weighted by Gasteiger charge is -2.17. The molecule has 0 saturated carbocycles. The molecule has 1 aliphatic rings. The van der Waals surface area contributed by atoms with E-state index in [9.17, 15) is 9.59 Å². The number of urea groups is 1. The van der Waals surface area contributed by atoms with Crippen LogP contribution in [0.5, 0.6) is 0 Å². The van der Waals surface area contributed by atoms with Gasteiger partial charge in [-0.15, -0.1) is 0 Å². The minimum atomic E-state index is -0.914. The van der Waals surface area contributed by atoms with E-state index >= 15 is 0 Å². The molecule has 1 aromatic rings.